The van der Waals surface area contributed by atoms with Gasteiger partial charge in [0.25, 0.3) is 0 Å². The van der Waals surface area contributed by atoms with Gasteiger partial charge >= 0.3 is 5.97 Å². The van der Waals surface area contributed by atoms with Gasteiger partial charge in [-0.3, -0.25) is 0 Å². The number of anilines is 1. The molecule has 0 spiro atoms. The van der Waals surface area contributed by atoms with E-state index in [0.29, 0.717) is 11.7 Å². The van der Waals surface area contributed by atoms with E-state index < -0.39 is 5.97 Å². The second-order valence-corrected chi connectivity index (χ2v) is 4.05. The van der Waals surface area contributed by atoms with Gasteiger partial charge < -0.3 is 15.2 Å². The van der Waals surface area contributed by atoms with Crippen molar-refractivity contribution >= 4 is 11.8 Å². The summed E-state index contributed by atoms with van der Waals surface area (Å²) in [5.74, 6) is 0.139. The molecule has 0 atom stereocenters. The van der Waals surface area contributed by atoms with Crippen molar-refractivity contribution in [2.75, 3.05) is 25.1 Å². The van der Waals surface area contributed by atoms with E-state index in [1.165, 1.54) is 6.07 Å². The van der Waals surface area contributed by atoms with Gasteiger partial charge in [0.15, 0.2) is 5.69 Å². The minimum atomic E-state index is -1.06. The molecule has 2 rings (SSSR count). The summed E-state index contributed by atoms with van der Waals surface area (Å²) in [4.78, 5) is 10.6. The first kappa shape index (κ1) is 11.8. The number of nitrogens with zero attached hydrogens (tertiary/aromatic N) is 2. The lowest BCUT2D eigenvalue weighted by Crippen LogP contribution is -2.23. The van der Waals surface area contributed by atoms with Crippen molar-refractivity contribution < 1.29 is 14.6 Å². The molecule has 1 saturated heterocycles. The van der Waals surface area contributed by atoms with Gasteiger partial charge in [-0.2, -0.15) is 0 Å². The molecule has 17 heavy (non-hydrogen) atoms. The summed E-state index contributed by atoms with van der Waals surface area (Å²) in [6, 6.07) is 3.08. The largest absolute Gasteiger partial charge is 0.476 e. The molecular weight excluding hydrogens is 222 g/mol. The summed E-state index contributed by atoms with van der Waals surface area (Å²) in [5, 5.41) is 19.2. The number of aromatic carboxylic acids is 1. The van der Waals surface area contributed by atoms with Crippen LogP contribution in [-0.2, 0) is 4.74 Å². The van der Waals surface area contributed by atoms with Crippen LogP contribution in [0, 0.1) is 5.92 Å². The van der Waals surface area contributed by atoms with Crippen LogP contribution in [0.4, 0.5) is 5.82 Å². The average Bonchev–Trinajstić information content (AvgIpc) is 2.38. The maximum atomic E-state index is 10.6. The number of ether oxygens (including phenoxy) is 1. The van der Waals surface area contributed by atoms with Gasteiger partial charge in [0.2, 0.25) is 0 Å². The van der Waals surface area contributed by atoms with Crippen molar-refractivity contribution in [3.8, 4) is 0 Å². The Balaban J connectivity index is 1.84. The van der Waals surface area contributed by atoms with E-state index in [2.05, 4.69) is 15.5 Å². The van der Waals surface area contributed by atoms with Gasteiger partial charge in [-0.25, -0.2) is 4.79 Å². The maximum absolute atomic E-state index is 10.6. The SMILES string of the molecule is O=C(O)c1ccc(NCC2CCOCC2)nn1. The highest BCUT2D eigenvalue weighted by molar-refractivity contribution is 5.85. The fourth-order valence-electron chi connectivity index (χ4n) is 1.74. The molecule has 6 heteroatoms. The zero-order valence-electron chi connectivity index (χ0n) is 9.43. The van der Waals surface area contributed by atoms with Crippen LogP contribution in [0.25, 0.3) is 0 Å². The standard InChI is InChI=1S/C11H15N3O3/c15-11(16)9-1-2-10(14-13-9)12-7-8-3-5-17-6-4-8/h1-2,8H,3-7H2,(H,12,14)(H,15,16). The lowest BCUT2D eigenvalue weighted by Gasteiger charge is -2.22. The van der Waals surface area contributed by atoms with Crippen LogP contribution < -0.4 is 5.32 Å². The average molecular weight is 237 g/mol. The molecule has 0 bridgehead atoms. The molecule has 0 unspecified atom stereocenters. The molecule has 1 aromatic heterocycles. The first-order valence-electron chi connectivity index (χ1n) is 5.64. The number of aromatic nitrogens is 2. The minimum Gasteiger partial charge on any atom is -0.476 e. The van der Waals surface area contributed by atoms with Crippen molar-refractivity contribution in [2.24, 2.45) is 5.92 Å². The normalized spacial score (nSPS) is 16.7. The monoisotopic (exact) mass is 237 g/mol. The van der Waals surface area contributed by atoms with Crippen LogP contribution in [0.2, 0.25) is 0 Å². The van der Waals surface area contributed by atoms with Crippen LogP contribution in [0.5, 0.6) is 0 Å². The van der Waals surface area contributed by atoms with Crippen molar-refractivity contribution in [3.63, 3.8) is 0 Å². The van der Waals surface area contributed by atoms with Gasteiger partial charge in [-0.15, -0.1) is 10.2 Å². The first-order chi connectivity index (χ1) is 8.25. The number of hydrogen-bond acceptors (Lipinski definition) is 5. The molecule has 0 saturated carbocycles. The number of rotatable bonds is 4. The number of carboxylic acid groups (broad SMARTS) is 1. The van der Waals surface area contributed by atoms with Gasteiger partial charge in [-0.05, 0) is 30.9 Å². The van der Waals surface area contributed by atoms with E-state index in [0.717, 1.165) is 32.6 Å². The Morgan fingerprint density at radius 1 is 1.41 bits per heavy atom. The van der Waals surface area contributed by atoms with Gasteiger partial charge in [0.05, 0.1) is 0 Å². The summed E-state index contributed by atoms with van der Waals surface area (Å²) in [5.41, 5.74) is -0.0402. The van der Waals surface area contributed by atoms with E-state index in [1.54, 1.807) is 6.07 Å². The third-order valence-electron chi connectivity index (χ3n) is 2.80. The van der Waals surface area contributed by atoms with Crippen LogP contribution >= 0.6 is 0 Å². The van der Waals surface area contributed by atoms with Crippen LogP contribution in [0.3, 0.4) is 0 Å². The predicted molar refractivity (Wildman–Crippen MR) is 61.0 cm³/mol. The molecular formula is C11H15N3O3. The smallest absolute Gasteiger partial charge is 0.356 e. The summed E-state index contributed by atoms with van der Waals surface area (Å²) in [6.07, 6.45) is 2.10. The molecule has 1 aromatic rings. The van der Waals surface area contributed by atoms with E-state index >= 15 is 0 Å². The Bertz CT molecular complexity index is 374. The highest BCUT2D eigenvalue weighted by Gasteiger charge is 2.13. The number of nitrogens with one attached hydrogen (secondary N) is 1. The lowest BCUT2D eigenvalue weighted by molar-refractivity contribution is 0.0687. The fourth-order valence-corrected chi connectivity index (χ4v) is 1.74. The van der Waals surface area contributed by atoms with Crippen molar-refractivity contribution in [2.45, 2.75) is 12.8 Å². The van der Waals surface area contributed by atoms with Crippen LogP contribution in [0.15, 0.2) is 12.1 Å². The first-order valence-corrected chi connectivity index (χ1v) is 5.64. The van der Waals surface area contributed by atoms with E-state index in [4.69, 9.17) is 9.84 Å². The summed E-state index contributed by atoms with van der Waals surface area (Å²) < 4.78 is 5.27. The molecule has 1 fully saturated rings. The summed E-state index contributed by atoms with van der Waals surface area (Å²) in [6.45, 7) is 2.45. The topological polar surface area (TPSA) is 84.3 Å². The van der Waals surface area contributed by atoms with E-state index in [9.17, 15) is 4.79 Å². The molecule has 0 aromatic carbocycles. The third-order valence-corrected chi connectivity index (χ3v) is 2.80. The quantitative estimate of drug-likeness (QED) is 0.813. The Morgan fingerprint density at radius 3 is 2.76 bits per heavy atom. The number of carbonyl (C=O) groups is 1. The van der Waals surface area contributed by atoms with Crippen LogP contribution in [-0.4, -0.2) is 41.0 Å². The molecule has 1 aliphatic rings. The molecule has 6 nitrogen and oxygen atoms in total. The number of carboxylic acids is 1. The highest BCUT2D eigenvalue weighted by atomic mass is 16.5. The fraction of sp³-hybridized carbons (Fsp3) is 0.545. The second kappa shape index (κ2) is 5.58. The highest BCUT2D eigenvalue weighted by Crippen LogP contribution is 2.15. The Morgan fingerprint density at radius 2 is 2.18 bits per heavy atom. The molecule has 92 valence electrons. The molecule has 0 amide bonds. The molecule has 2 N–H and O–H groups in total. The molecule has 1 aliphatic heterocycles. The van der Waals surface area contributed by atoms with Gasteiger partial charge in [0, 0.05) is 19.8 Å². The molecule has 2 heterocycles. The van der Waals surface area contributed by atoms with Crippen molar-refractivity contribution in [1.82, 2.24) is 10.2 Å². The maximum Gasteiger partial charge on any atom is 0.356 e. The minimum absolute atomic E-state index is 0.0402. The van der Waals surface area contributed by atoms with Crippen LogP contribution in [0.1, 0.15) is 23.3 Å². The van der Waals surface area contributed by atoms with Crippen molar-refractivity contribution in [3.05, 3.63) is 17.8 Å². The summed E-state index contributed by atoms with van der Waals surface area (Å²) >= 11 is 0. The zero-order valence-corrected chi connectivity index (χ0v) is 9.43. The molecule has 0 aliphatic carbocycles. The Labute approximate surface area is 99.0 Å². The molecule has 0 radical (unpaired) electrons. The van der Waals surface area contributed by atoms with Gasteiger partial charge in [-0.1, -0.05) is 0 Å². The lowest BCUT2D eigenvalue weighted by atomic mass is 10.0. The van der Waals surface area contributed by atoms with E-state index in [-0.39, 0.29) is 5.69 Å². The summed E-state index contributed by atoms with van der Waals surface area (Å²) in [7, 11) is 0. The van der Waals surface area contributed by atoms with E-state index in [1.807, 2.05) is 0 Å². The zero-order chi connectivity index (χ0) is 12.1. The van der Waals surface area contributed by atoms with Gasteiger partial charge in [0.1, 0.15) is 5.82 Å². The number of hydrogen-bond donors (Lipinski definition) is 2. The predicted octanol–water partition coefficient (Wildman–Crippen LogP) is 1.01. The van der Waals surface area contributed by atoms with Crippen molar-refractivity contribution in [1.29, 1.82) is 0 Å². The Kier molecular flexibility index (Phi) is 3.87. The second-order valence-electron chi connectivity index (χ2n) is 4.05. The third kappa shape index (κ3) is 3.39. The Hall–Kier alpha value is -1.69.